The van der Waals surface area contributed by atoms with E-state index in [1.807, 2.05) is 0 Å². The average molecular weight is 611 g/mol. The molecule has 236 valence electrons. The first kappa shape index (κ1) is 33.8. The van der Waals surface area contributed by atoms with Crippen molar-refractivity contribution in [3.05, 3.63) is 113 Å². The van der Waals surface area contributed by atoms with E-state index in [-0.39, 0.29) is 21.7 Å². The molecule has 0 saturated heterocycles. The van der Waals surface area contributed by atoms with Gasteiger partial charge in [0.25, 0.3) is 0 Å². The minimum atomic E-state index is -3.08. The van der Waals surface area contributed by atoms with E-state index >= 15 is 0 Å². The SMILES string of the molecule is CC(C)(C)c1ccc(O[PH](C)(Oc2ccc(C(C)(C)C)cc2C(C)(C)C)c2ccc(-c3ccccc3)cc2)c(C(C)(C)C)c1. The fraction of sp³-hybridized carbons (Fsp3) is 0.415. The van der Waals surface area contributed by atoms with Gasteiger partial charge in [0.1, 0.15) is 0 Å². The Morgan fingerprint density at radius 1 is 0.432 bits per heavy atom. The normalized spacial score (nSPS) is 13.5. The van der Waals surface area contributed by atoms with Crippen LogP contribution >= 0.6 is 7.72 Å². The van der Waals surface area contributed by atoms with Gasteiger partial charge in [0.05, 0.1) is 0 Å². The summed E-state index contributed by atoms with van der Waals surface area (Å²) in [5, 5.41) is 1.09. The van der Waals surface area contributed by atoms with Crippen molar-refractivity contribution in [2.24, 2.45) is 0 Å². The molecule has 0 unspecified atom stereocenters. The molecule has 0 aliphatic rings. The maximum atomic E-state index is 7.24. The molecular formula is C41H55O2P. The number of benzene rings is 4. The molecule has 0 aromatic heterocycles. The van der Waals surface area contributed by atoms with Gasteiger partial charge in [0.15, 0.2) is 0 Å². The number of hydrogen-bond donors (Lipinski definition) is 0. The van der Waals surface area contributed by atoms with Gasteiger partial charge in [-0.25, -0.2) is 0 Å². The van der Waals surface area contributed by atoms with Crippen molar-refractivity contribution in [3.8, 4) is 22.6 Å². The summed E-state index contributed by atoms with van der Waals surface area (Å²) in [4.78, 5) is 0. The zero-order valence-electron chi connectivity index (χ0n) is 29.5. The number of hydrogen-bond acceptors (Lipinski definition) is 2. The summed E-state index contributed by atoms with van der Waals surface area (Å²) in [5.74, 6) is 1.80. The quantitative estimate of drug-likeness (QED) is 0.202. The van der Waals surface area contributed by atoms with Gasteiger partial charge in [0.2, 0.25) is 0 Å². The third kappa shape index (κ3) is 7.76. The molecule has 0 radical (unpaired) electrons. The first-order valence-electron chi connectivity index (χ1n) is 16.0. The predicted octanol–water partition coefficient (Wildman–Crippen LogP) is 11.5. The van der Waals surface area contributed by atoms with Gasteiger partial charge >= 0.3 is 269 Å². The van der Waals surface area contributed by atoms with E-state index in [0.29, 0.717) is 0 Å². The van der Waals surface area contributed by atoms with Gasteiger partial charge < -0.3 is 0 Å². The molecule has 0 heterocycles. The molecule has 3 heteroatoms. The third-order valence-corrected chi connectivity index (χ3v) is 11.0. The first-order valence-corrected chi connectivity index (χ1v) is 18.3. The second kappa shape index (κ2) is 12.0. The molecule has 0 aliphatic heterocycles. The molecular weight excluding hydrogens is 555 g/mol. The number of rotatable bonds is 6. The van der Waals surface area contributed by atoms with Crippen LogP contribution in [0.15, 0.2) is 91.0 Å². The molecule has 0 bridgehead atoms. The molecule has 4 aromatic carbocycles. The van der Waals surface area contributed by atoms with E-state index in [0.717, 1.165) is 16.8 Å². The zero-order chi connectivity index (χ0) is 32.7. The molecule has 0 spiro atoms. The van der Waals surface area contributed by atoms with E-state index in [9.17, 15) is 0 Å². The fourth-order valence-electron chi connectivity index (χ4n) is 5.50. The van der Waals surface area contributed by atoms with Crippen LogP contribution in [0.3, 0.4) is 0 Å². The van der Waals surface area contributed by atoms with Crippen LogP contribution in [-0.2, 0) is 21.7 Å². The molecule has 44 heavy (non-hydrogen) atoms. The van der Waals surface area contributed by atoms with Crippen molar-refractivity contribution in [2.75, 3.05) is 6.66 Å². The summed E-state index contributed by atoms with van der Waals surface area (Å²) in [7, 11) is -3.08. The Kier molecular flexibility index (Phi) is 9.23. The summed E-state index contributed by atoms with van der Waals surface area (Å²) in [5.41, 5.74) is 7.27. The maximum absolute atomic E-state index is 7.24. The molecule has 0 atom stereocenters. The van der Waals surface area contributed by atoms with E-state index in [4.69, 9.17) is 9.05 Å². The molecule has 0 aliphatic carbocycles. The van der Waals surface area contributed by atoms with E-state index in [1.54, 1.807) is 0 Å². The second-order valence-corrected chi connectivity index (χ2v) is 19.4. The Labute approximate surface area is 268 Å². The molecule has 2 nitrogen and oxygen atoms in total. The van der Waals surface area contributed by atoms with Crippen LogP contribution in [0.1, 0.15) is 105 Å². The molecule has 0 saturated carbocycles. The van der Waals surface area contributed by atoms with E-state index in [1.165, 1.54) is 33.4 Å². The molecule has 4 aromatic rings. The minimum absolute atomic E-state index is 0.0411. The van der Waals surface area contributed by atoms with Gasteiger partial charge in [-0.2, -0.15) is 0 Å². The first-order chi connectivity index (χ1) is 20.2. The van der Waals surface area contributed by atoms with Gasteiger partial charge in [-0.05, 0) is 0 Å². The van der Waals surface area contributed by atoms with Crippen LogP contribution < -0.4 is 14.4 Å². The zero-order valence-corrected chi connectivity index (χ0v) is 30.5. The summed E-state index contributed by atoms with van der Waals surface area (Å²) < 4.78 is 14.5. The predicted molar refractivity (Wildman–Crippen MR) is 195 cm³/mol. The molecule has 4 rings (SSSR count). The Hall–Kier alpha value is -3.09. The summed E-state index contributed by atoms with van der Waals surface area (Å²) >= 11 is 0. The fourth-order valence-corrected chi connectivity index (χ4v) is 7.74. The Morgan fingerprint density at radius 2 is 0.818 bits per heavy atom. The van der Waals surface area contributed by atoms with Gasteiger partial charge in [-0.15, -0.1) is 0 Å². The second-order valence-electron chi connectivity index (χ2n) is 16.5. The molecule has 0 amide bonds. The van der Waals surface area contributed by atoms with Crippen LogP contribution in [0.4, 0.5) is 0 Å². The standard InChI is InChI=1S/C41H55O2P/c1-38(2,3)31-21-25-36(34(27-31)40(7,8)9)42-44(13,33-23-19-30(20-24-33)29-17-15-14-16-18-29)43-37-26-22-32(39(4,5)6)28-35(37)41(10,11)12/h14-28,44H,1-13H3. The monoisotopic (exact) mass is 610 g/mol. The third-order valence-electron chi connectivity index (χ3n) is 8.43. The Bertz CT molecular complexity index is 1490. The van der Waals surface area contributed by atoms with Crippen LogP contribution in [-0.4, -0.2) is 6.66 Å². The molecule has 0 N–H and O–H groups in total. The summed E-state index contributed by atoms with van der Waals surface area (Å²) in [6.07, 6.45) is 0. The van der Waals surface area contributed by atoms with Gasteiger partial charge in [-0.3, -0.25) is 0 Å². The van der Waals surface area contributed by atoms with Crippen LogP contribution in [0.25, 0.3) is 11.1 Å². The topological polar surface area (TPSA) is 18.5 Å². The van der Waals surface area contributed by atoms with Crippen molar-refractivity contribution in [3.63, 3.8) is 0 Å². The van der Waals surface area contributed by atoms with Gasteiger partial charge in [-0.1, -0.05) is 0 Å². The van der Waals surface area contributed by atoms with E-state index in [2.05, 4.69) is 181 Å². The summed E-state index contributed by atoms with van der Waals surface area (Å²) in [6.45, 7) is 29.4. The molecule has 0 fully saturated rings. The van der Waals surface area contributed by atoms with Crippen LogP contribution in [0.5, 0.6) is 11.5 Å². The van der Waals surface area contributed by atoms with Crippen molar-refractivity contribution in [1.82, 2.24) is 0 Å². The van der Waals surface area contributed by atoms with E-state index < -0.39 is 7.72 Å². The van der Waals surface area contributed by atoms with Crippen molar-refractivity contribution < 1.29 is 9.05 Å². The average Bonchev–Trinajstić information content (AvgIpc) is 2.91. The van der Waals surface area contributed by atoms with Crippen molar-refractivity contribution >= 4 is 13.0 Å². The Balaban J connectivity index is 1.89. The van der Waals surface area contributed by atoms with Crippen LogP contribution in [0.2, 0.25) is 0 Å². The van der Waals surface area contributed by atoms with Gasteiger partial charge in [0, 0.05) is 0 Å². The summed E-state index contributed by atoms with van der Waals surface area (Å²) in [6, 6.07) is 32.8. The Morgan fingerprint density at radius 3 is 1.18 bits per heavy atom. The van der Waals surface area contributed by atoms with Crippen molar-refractivity contribution in [2.45, 2.75) is 105 Å². The van der Waals surface area contributed by atoms with Crippen LogP contribution in [0, 0.1) is 0 Å². The van der Waals surface area contributed by atoms with Crippen molar-refractivity contribution in [1.29, 1.82) is 0 Å².